The molecule has 0 atom stereocenters. The van der Waals surface area contributed by atoms with Crippen molar-refractivity contribution in [1.82, 2.24) is 9.88 Å². The van der Waals surface area contributed by atoms with E-state index in [1.807, 2.05) is 24.0 Å². The van der Waals surface area contributed by atoms with Gasteiger partial charge in [0.25, 0.3) is 5.91 Å². The fourth-order valence-corrected chi connectivity index (χ4v) is 3.77. The van der Waals surface area contributed by atoms with Crippen LogP contribution in [0.25, 0.3) is 10.9 Å². The molecule has 1 amide bonds. The van der Waals surface area contributed by atoms with Crippen LogP contribution >= 0.6 is 0 Å². The average Bonchev–Trinajstić information content (AvgIpc) is 3.04. The van der Waals surface area contributed by atoms with Crippen molar-refractivity contribution in [2.45, 2.75) is 13.8 Å². The zero-order valence-corrected chi connectivity index (χ0v) is 16.1. The van der Waals surface area contributed by atoms with Crippen molar-refractivity contribution in [1.29, 1.82) is 0 Å². The summed E-state index contributed by atoms with van der Waals surface area (Å²) in [5.41, 5.74) is 5.15. The van der Waals surface area contributed by atoms with Crippen molar-refractivity contribution in [2.75, 3.05) is 38.2 Å². The fraction of sp³-hybridized carbons (Fsp3) is 0.318. The smallest absolute Gasteiger partial charge is 0.270 e. The number of H-pyrrole nitrogens is 1. The Bertz CT molecular complexity index is 967. The second-order valence-corrected chi connectivity index (χ2v) is 7.15. The molecule has 1 aliphatic heterocycles. The van der Waals surface area contributed by atoms with E-state index in [1.165, 1.54) is 11.3 Å². The van der Waals surface area contributed by atoms with Crippen molar-refractivity contribution in [3.63, 3.8) is 0 Å². The van der Waals surface area contributed by atoms with Gasteiger partial charge >= 0.3 is 0 Å². The second kappa shape index (κ2) is 6.99. The second-order valence-electron chi connectivity index (χ2n) is 7.15. The molecule has 0 bridgehead atoms. The van der Waals surface area contributed by atoms with E-state index in [9.17, 15) is 4.79 Å². The third kappa shape index (κ3) is 3.25. The van der Waals surface area contributed by atoms with Gasteiger partial charge in [-0.2, -0.15) is 0 Å². The molecule has 3 aromatic rings. The molecule has 0 radical (unpaired) electrons. The number of nitrogens with one attached hydrogen (secondary N) is 1. The summed E-state index contributed by atoms with van der Waals surface area (Å²) in [5, 5.41) is 1.13. The van der Waals surface area contributed by atoms with E-state index in [0.717, 1.165) is 48.4 Å². The molecule has 0 unspecified atom stereocenters. The summed E-state index contributed by atoms with van der Waals surface area (Å²) in [6.45, 7) is 7.20. The maximum atomic E-state index is 13.1. The number of amides is 1. The highest BCUT2D eigenvalue weighted by atomic mass is 16.5. The lowest BCUT2D eigenvalue weighted by Crippen LogP contribution is -2.49. The maximum Gasteiger partial charge on any atom is 0.270 e. The molecule has 27 heavy (non-hydrogen) atoms. The molecule has 2 heterocycles. The van der Waals surface area contributed by atoms with E-state index < -0.39 is 0 Å². The molecule has 1 aliphatic rings. The molecule has 0 aliphatic carbocycles. The van der Waals surface area contributed by atoms with Crippen molar-refractivity contribution < 1.29 is 9.53 Å². The van der Waals surface area contributed by atoms with Crippen LogP contribution in [-0.4, -0.2) is 49.1 Å². The molecule has 0 spiro atoms. The minimum atomic E-state index is 0.0933. The van der Waals surface area contributed by atoms with Crippen LogP contribution in [0.2, 0.25) is 0 Å². The summed E-state index contributed by atoms with van der Waals surface area (Å²) >= 11 is 0. The van der Waals surface area contributed by atoms with E-state index in [4.69, 9.17) is 4.74 Å². The van der Waals surface area contributed by atoms with Gasteiger partial charge in [0.05, 0.1) is 7.11 Å². The van der Waals surface area contributed by atoms with Crippen molar-refractivity contribution in [2.24, 2.45) is 0 Å². The number of nitrogens with zero attached hydrogens (tertiary/aromatic N) is 2. The highest BCUT2D eigenvalue weighted by molar-refractivity contribution is 6.01. The number of methoxy groups -OCH3 is 1. The van der Waals surface area contributed by atoms with Gasteiger partial charge in [-0.25, -0.2) is 0 Å². The predicted molar refractivity (Wildman–Crippen MR) is 109 cm³/mol. The Hall–Kier alpha value is -2.95. The first-order valence-electron chi connectivity index (χ1n) is 9.34. The minimum Gasteiger partial charge on any atom is -0.497 e. The number of benzene rings is 2. The zero-order valence-electron chi connectivity index (χ0n) is 16.1. The van der Waals surface area contributed by atoms with Crippen LogP contribution in [0.3, 0.4) is 0 Å². The largest absolute Gasteiger partial charge is 0.497 e. The number of carbonyl (C=O) groups is 1. The molecule has 1 N–H and O–H groups in total. The first-order chi connectivity index (χ1) is 13.1. The highest BCUT2D eigenvalue weighted by Gasteiger charge is 2.25. The topological polar surface area (TPSA) is 48.6 Å². The summed E-state index contributed by atoms with van der Waals surface area (Å²) in [6.07, 6.45) is 0. The van der Waals surface area contributed by atoms with E-state index in [2.05, 4.69) is 47.1 Å². The number of anilines is 1. The molecule has 5 heteroatoms. The molecule has 0 saturated carbocycles. The number of rotatable bonds is 3. The zero-order chi connectivity index (χ0) is 19.0. The van der Waals surface area contributed by atoms with E-state index in [0.29, 0.717) is 5.69 Å². The lowest BCUT2D eigenvalue weighted by molar-refractivity contribution is 0.0741. The summed E-state index contributed by atoms with van der Waals surface area (Å²) in [6, 6.07) is 14.3. The molecular formula is C22H25N3O2. The summed E-state index contributed by atoms with van der Waals surface area (Å²) < 4.78 is 5.22. The van der Waals surface area contributed by atoms with Gasteiger partial charge in [0.15, 0.2) is 0 Å². The number of piperazine rings is 1. The van der Waals surface area contributed by atoms with Crippen LogP contribution in [0.5, 0.6) is 5.75 Å². The van der Waals surface area contributed by atoms with Gasteiger partial charge in [0, 0.05) is 42.8 Å². The number of fused-ring (bicyclic) bond motifs is 1. The van der Waals surface area contributed by atoms with Gasteiger partial charge in [-0.3, -0.25) is 4.79 Å². The summed E-state index contributed by atoms with van der Waals surface area (Å²) in [7, 11) is 1.67. The summed E-state index contributed by atoms with van der Waals surface area (Å²) in [4.78, 5) is 20.6. The van der Waals surface area contributed by atoms with Crippen molar-refractivity contribution >= 4 is 22.5 Å². The van der Waals surface area contributed by atoms with Crippen molar-refractivity contribution in [3.8, 4) is 5.75 Å². The minimum absolute atomic E-state index is 0.0933. The lowest BCUT2D eigenvalue weighted by Gasteiger charge is -2.36. The molecule has 1 saturated heterocycles. The number of ether oxygens (including phenoxy) is 1. The molecule has 1 aromatic heterocycles. The average molecular weight is 363 g/mol. The fourth-order valence-electron chi connectivity index (χ4n) is 3.77. The van der Waals surface area contributed by atoms with Gasteiger partial charge in [0.2, 0.25) is 0 Å². The monoisotopic (exact) mass is 363 g/mol. The van der Waals surface area contributed by atoms with E-state index >= 15 is 0 Å². The third-order valence-electron chi connectivity index (χ3n) is 5.43. The van der Waals surface area contributed by atoms with Crippen molar-refractivity contribution in [3.05, 3.63) is 59.3 Å². The predicted octanol–water partition coefficient (Wildman–Crippen LogP) is 3.76. The number of hydrogen-bond donors (Lipinski definition) is 1. The number of hydrogen-bond acceptors (Lipinski definition) is 3. The van der Waals surface area contributed by atoms with Gasteiger partial charge in [-0.1, -0.05) is 11.6 Å². The third-order valence-corrected chi connectivity index (χ3v) is 5.43. The molecule has 5 nitrogen and oxygen atoms in total. The van der Waals surface area contributed by atoms with Gasteiger partial charge in [0.1, 0.15) is 11.4 Å². The van der Waals surface area contributed by atoms with Crippen LogP contribution in [0, 0.1) is 13.8 Å². The van der Waals surface area contributed by atoms with Crippen LogP contribution in [0.15, 0.2) is 42.5 Å². The summed E-state index contributed by atoms with van der Waals surface area (Å²) in [5.74, 6) is 0.952. The first kappa shape index (κ1) is 17.5. The Kier molecular flexibility index (Phi) is 4.52. The Morgan fingerprint density at radius 1 is 1.00 bits per heavy atom. The van der Waals surface area contributed by atoms with Crippen LogP contribution in [0.1, 0.15) is 21.6 Å². The van der Waals surface area contributed by atoms with Crippen LogP contribution in [0.4, 0.5) is 5.69 Å². The Morgan fingerprint density at radius 3 is 2.37 bits per heavy atom. The molecular weight excluding hydrogens is 338 g/mol. The Morgan fingerprint density at radius 2 is 1.70 bits per heavy atom. The molecule has 2 aromatic carbocycles. The van der Waals surface area contributed by atoms with E-state index in [1.54, 1.807) is 7.11 Å². The Labute approximate surface area is 159 Å². The first-order valence-corrected chi connectivity index (χ1v) is 9.34. The quantitative estimate of drug-likeness (QED) is 0.771. The molecule has 140 valence electrons. The number of aryl methyl sites for hydroxylation is 2. The van der Waals surface area contributed by atoms with Crippen LogP contribution in [-0.2, 0) is 0 Å². The van der Waals surface area contributed by atoms with Gasteiger partial charge < -0.3 is 19.5 Å². The van der Waals surface area contributed by atoms with Gasteiger partial charge in [-0.15, -0.1) is 0 Å². The van der Waals surface area contributed by atoms with E-state index in [-0.39, 0.29) is 5.91 Å². The van der Waals surface area contributed by atoms with Crippen LogP contribution < -0.4 is 9.64 Å². The standard InChI is InChI=1S/C22H25N3O2/c1-15-4-9-20-19(14-15)16(2)21(23-20)22(26)25-12-10-24(11-13-25)17-5-7-18(27-3)8-6-17/h4-9,14,23H,10-13H2,1-3H3. The lowest BCUT2D eigenvalue weighted by atomic mass is 10.1. The maximum absolute atomic E-state index is 13.1. The number of aromatic nitrogens is 1. The van der Waals surface area contributed by atoms with Gasteiger partial charge in [-0.05, 0) is 55.8 Å². The SMILES string of the molecule is COc1ccc(N2CCN(C(=O)c3[nH]c4ccc(C)cc4c3C)CC2)cc1. The molecule has 4 rings (SSSR count). The Balaban J connectivity index is 1.47. The molecule has 1 fully saturated rings. The highest BCUT2D eigenvalue weighted by Crippen LogP contribution is 2.25. The normalized spacial score (nSPS) is 14.6. The number of carbonyl (C=O) groups excluding carboxylic acids is 1. The number of aromatic amines is 1.